The van der Waals surface area contributed by atoms with Gasteiger partial charge in [-0.25, -0.2) is 0 Å². The molecule has 0 aliphatic heterocycles. The normalized spacial score (nSPS) is 11.1. The highest BCUT2D eigenvalue weighted by molar-refractivity contribution is 6.33. The summed E-state index contributed by atoms with van der Waals surface area (Å²) in [6.07, 6.45) is 1.49. The van der Waals surface area contributed by atoms with E-state index in [1.807, 2.05) is 6.07 Å². The van der Waals surface area contributed by atoms with E-state index in [1.54, 1.807) is 36.4 Å². The molecule has 0 fully saturated rings. The third-order valence-electron chi connectivity index (χ3n) is 4.55. The lowest BCUT2D eigenvalue weighted by atomic mass is 10.1. The summed E-state index contributed by atoms with van der Waals surface area (Å²) in [7, 11) is 0. The highest BCUT2D eigenvalue weighted by atomic mass is 35.5. The molecule has 0 amide bonds. The van der Waals surface area contributed by atoms with Crippen LogP contribution in [-0.4, -0.2) is 18.2 Å². The lowest BCUT2D eigenvalue weighted by Gasteiger charge is -2.10. The lowest BCUT2D eigenvalue weighted by Crippen LogP contribution is -2.10. The molecule has 33 heavy (non-hydrogen) atoms. The molecule has 0 saturated heterocycles. The quantitative estimate of drug-likeness (QED) is 0.147. The molecule has 0 spiro atoms. The van der Waals surface area contributed by atoms with Crippen LogP contribution in [-0.2, 0) is 9.59 Å². The van der Waals surface area contributed by atoms with Gasteiger partial charge in [0.15, 0.2) is 0 Å². The van der Waals surface area contributed by atoms with Gasteiger partial charge in [-0.05, 0) is 24.3 Å². The van der Waals surface area contributed by atoms with Gasteiger partial charge in [-0.15, -0.1) is 0 Å². The molecule has 4 rings (SSSR count). The number of ether oxygens (including phenoxy) is 2. The fourth-order valence-electron chi connectivity index (χ4n) is 3.25. The van der Waals surface area contributed by atoms with E-state index in [4.69, 9.17) is 25.5 Å². The number of nitrogens with zero attached hydrogens (tertiary/aromatic N) is 1. The first-order valence-corrected chi connectivity index (χ1v) is 10.2. The van der Waals surface area contributed by atoms with Crippen LogP contribution < -0.4 is 20.3 Å². The zero-order valence-corrected chi connectivity index (χ0v) is 18.3. The Kier molecular flexibility index (Phi) is 6.10. The van der Waals surface area contributed by atoms with E-state index in [0.717, 1.165) is 0 Å². The second-order valence-corrected chi connectivity index (χ2v) is 7.39. The molecule has 0 unspecified atom stereocenters. The summed E-state index contributed by atoms with van der Waals surface area (Å²) in [5.74, 6) is -1.21. The predicted octanol–water partition coefficient (Wildman–Crippen LogP) is 4.90. The topological polar surface area (TPSA) is 107 Å². The average molecular weight is 465 g/mol. The number of esters is 2. The fourth-order valence-corrected chi connectivity index (χ4v) is 3.43. The van der Waals surface area contributed by atoms with Crippen molar-refractivity contribution in [3.05, 3.63) is 75.4 Å². The largest absolute Gasteiger partial charge is 0.455 e. The molecular weight excluding hydrogens is 448 g/mol. The summed E-state index contributed by atoms with van der Waals surface area (Å²) in [6.45, 7) is 2.43. The second-order valence-electron chi connectivity index (χ2n) is 6.99. The number of anilines is 1. The third-order valence-corrected chi connectivity index (χ3v) is 4.88. The van der Waals surface area contributed by atoms with Gasteiger partial charge in [0.1, 0.15) is 28.1 Å². The zero-order chi connectivity index (χ0) is 23.5. The fraction of sp³-hybridized carbons (Fsp3) is 0.0833. The second kappa shape index (κ2) is 9.13. The molecule has 8 nitrogen and oxygen atoms in total. The lowest BCUT2D eigenvalue weighted by molar-refractivity contribution is -0.132. The number of hydrazone groups is 1. The van der Waals surface area contributed by atoms with Crippen molar-refractivity contribution < 1.29 is 23.5 Å². The van der Waals surface area contributed by atoms with Crippen LogP contribution in [0.15, 0.2) is 68.9 Å². The number of carbonyl (C=O) groups is 2. The van der Waals surface area contributed by atoms with Crippen molar-refractivity contribution in [2.45, 2.75) is 13.8 Å². The van der Waals surface area contributed by atoms with Crippen molar-refractivity contribution in [1.82, 2.24) is 0 Å². The van der Waals surface area contributed by atoms with E-state index in [2.05, 4.69) is 10.5 Å². The van der Waals surface area contributed by atoms with Crippen LogP contribution in [0.4, 0.5) is 5.69 Å². The standard InChI is InChI=1S/C24H17ClN2O6/c1-13(28)31-16-10-20(32-14(2)29)22-21(11-16)33-24-15(6-5-7-17(24)23(22)30)12-26-27-19-9-4-3-8-18(19)25/h3-12,27H,1-2H3/b26-12+. The van der Waals surface area contributed by atoms with Gasteiger partial charge < -0.3 is 13.9 Å². The Morgan fingerprint density at radius 3 is 2.52 bits per heavy atom. The number of nitrogens with one attached hydrogen (secondary N) is 1. The van der Waals surface area contributed by atoms with Gasteiger partial charge in [-0.2, -0.15) is 5.10 Å². The van der Waals surface area contributed by atoms with Crippen LogP contribution in [0, 0.1) is 0 Å². The first kappa shape index (κ1) is 22.0. The average Bonchev–Trinajstić information content (AvgIpc) is 2.74. The smallest absolute Gasteiger partial charge is 0.308 e. The molecule has 1 N–H and O–H groups in total. The van der Waals surface area contributed by atoms with Crippen molar-refractivity contribution in [1.29, 1.82) is 0 Å². The maximum Gasteiger partial charge on any atom is 0.308 e. The molecule has 0 saturated carbocycles. The minimum Gasteiger partial charge on any atom is -0.455 e. The zero-order valence-electron chi connectivity index (χ0n) is 17.5. The molecule has 9 heteroatoms. The molecule has 166 valence electrons. The predicted molar refractivity (Wildman–Crippen MR) is 125 cm³/mol. The highest BCUT2D eigenvalue weighted by Crippen LogP contribution is 2.32. The van der Waals surface area contributed by atoms with Crippen molar-refractivity contribution in [3.63, 3.8) is 0 Å². The molecular formula is C24H17ClN2O6. The molecule has 4 aromatic rings. The number of carbonyl (C=O) groups excluding carboxylic acids is 2. The first-order valence-electron chi connectivity index (χ1n) is 9.77. The van der Waals surface area contributed by atoms with Crippen molar-refractivity contribution in [2.24, 2.45) is 5.10 Å². The number of para-hydroxylation sites is 2. The van der Waals surface area contributed by atoms with E-state index in [9.17, 15) is 14.4 Å². The third kappa shape index (κ3) is 4.70. The molecule has 0 atom stereocenters. The number of fused-ring (bicyclic) bond motifs is 2. The van der Waals surface area contributed by atoms with E-state index >= 15 is 0 Å². The Bertz CT molecular complexity index is 1490. The molecule has 0 radical (unpaired) electrons. The summed E-state index contributed by atoms with van der Waals surface area (Å²) < 4.78 is 16.3. The first-order chi connectivity index (χ1) is 15.8. The summed E-state index contributed by atoms with van der Waals surface area (Å²) in [6, 6.07) is 14.8. The monoisotopic (exact) mass is 464 g/mol. The van der Waals surface area contributed by atoms with Crippen LogP contribution in [0.25, 0.3) is 21.9 Å². The highest BCUT2D eigenvalue weighted by Gasteiger charge is 2.18. The molecule has 0 aliphatic carbocycles. The van der Waals surface area contributed by atoms with E-state index in [0.29, 0.717) is 16.3 Å². The van der Waals surface area contributed by atoms with Crippen LogP contribution in [0.2, 0.25) is 5.02 Å². The van der Waals surface area contributed by atoms with Crippen molar-refractivity contribution in [3.8, 4) is 11.5 Å². The molecule has 1 heterocycles. The maximum absolute atomic E-state index is 13.3. The Balaban J connectivity index is 1.86. The number of benzene rings is 3. The van der Waals surface area contributed by atoms with Gasteiger partial charge in [0, 0.05) is 31.5 Å². The van der Waals surface area contributed by atoms with Crippen molar-refractivity contribution in [2.75, 3.05) is 5.43 Å². The maximum atomic E-state index is 13.3. The summed E-state index contributed by atoms with van der Waals surface area (Å²) >= 11 is 6.12. The van der Waals surface area contributed by atoms with Crippen LogP contribution >= 0.6 is 11.6 Å². The van der Waals surface area contributed by atoms with E-state index in [-0.39, 0.29) is 33.4 Å². The van der Waals surface area contributed by atoms with Gasteiger partial charge in [0.2, 0.25) is 5.43 Å². The minimum atomic E-state index is -0.637. The number of halogens is 1. The molecule has 3 aromatic carbocycles. The van der Waals surface area contributed by atoms with Crippen molar-refractivity contribution >= 4 is 57.4 Å². The van der Waals surface area contributed by atoms with E-state index < -0.39 is 17.4 Å². The molecule has 0 aliphatic rings. The van der Waals surface area contributed by atoms with Gasteiger partial charge in [0.05, 0.1) is 22.3 Å². The van der Waals surface area contributed by atoms with Crippen LogP contribution in [0.3, 0.4) is 0 Å². The van der Waals surface area contributed by atoms with E-state index in [1.165, 1.54) is 32.2 Å². The Labute approximate surface area is 192 Å². The SMILES string of the molecule is CC(=O)Oc1cc(OC(C)=O)c2c(=O)c3cccc(/C=N/Nc4ccccc4Cl)c3oc2c1. The van der Waals surface area contributed by atoms with Gasteiger partial charge in [0.25, 0.3) is 0 Å². The molecule has 1 aromatic heterocycles. The Morgan fingerprint density at radius 2 is 1.79 bits per heavy atom. The summed E-state index contributed by atoms with van der Waals surface area (Å²) in [4.78, 5) is 36.3. The van der Waals surface area contributed by atoms with Crippen LogP contribution in [0.1, 0.15) is 19.4 Å². The van der Waals surface area contributed by atoms with Gasteiger partial charge in [-0.3, -0.25) is 19.8 Å². The number of rotatable bonds is 5. The minimum absolute atomic E-state index is 0.0527. The van der Waals surface area contributed by atoms with Gasteiger partial charge in [-0.1, -0.05) is 29.8 Å². The number of hydrogen-bond acceptors (Lipinski definition) is 8. The summed E-state index contributed by atoms with van der Waals surface area (Å²) in [5.41, 5.74) is 3.90. The molecule has 0 bridgehead atoms. The van der Waals surface area contributed by atoms with Gasteiger partial charge >= 0.3 is 11.9 Å². The Hall–Kier alpha value is -4.17. The van der Waals surface area contributed by atoms with Crippen LogP contribution in [0.5, 0.6) is 11.5 Å². The number of hydrogen-bond donors (Lipinski definition) is 1. The Morgan fingerprint density at radius 1 is 1.03 bits per heavy atom. The summed E-state index contributed by atoms with van der Waals surface area (Å²) in [5, 5.41) is 5.00.